The Labute approximate surface area is 106 Å². The molecule has 1 N–H and O–H groups in total. The molecule has 0 aliphatic carbocycles. The Balaban J connectivity index is 2.02. The lowest BCUT2D eigenvalue weighted by molar-refractivity contribution is 0.0735. The molecule has 1 amide bonds. The number of ether oxygens (including phenoxy) is 1. The van der Waals surface area contributed by atoms with Crippen molar-refractivity contribution in [3.05, 3.63) is 18.1 Å². The van der Waals surface area contributed by atoms with Gasteiger partial charge in [-0.15, -0.1) is 0 Å². The van der Waals surface area contributed by atoms with Gasteiger partial charge in [0.2, 0.25) is 0 Å². The van der Waals surface area contributed by atoms with Crippen LogP contribution in [0, 0.1) is 0 Å². The van der Waals surface area contributed by atoms with Crippen LogP contribution in [0.1, 0.15) is 23.8 Å². The summed E-state index contributed by atoms with van der Waals surface area (Å²) < 4.78 is 5.32. The van der Waals surface area contributed by atoms with Crippen LogP contribution < -0.4 is 5.32 Å². The molecule has 98 valence electrons. The highest BCUT2D eigenvalue weighted by Gasteiger charge is 2.18. The van der Waals surface area contributed by atoms with Crippen molar-refractivity contribution >= 4 is 11.7 Å². The maximum atomic E-state index is 12.2. The van der Waals surface area contributed by atoms with Crippen LogP contribution in [0.3, 0.4) is 0 Å². The Morgan fingerprint density at radius 2 is 2.28 bits per heavy atom. The molecule has 0 spiro atoms. The fourth-order valence-electron chi connectivity index (χ4n) is 1.82. The normalized spacial score (nSPS) is 16.2. The second kappa shape index (κ2) is 6.30. The summed E-state index contributed by atoms with van der Waals surface area (Å²) in [6, 6.07) is 0. The van der Waals surface area contributed by atoms with Gasteiger partial charge >= 0.3 is 0 Å². The Morgan fingerprint density at radius 3 is 3.00 bits per heavy atom. The quantitative estimate of drug-likeness (QED) is 0.858. The highest BCUT2D eigenvalue weighted by Crippen LogP contribution is 2.07. The van der Waals surface area contributed by atoms with E-state index >= 15 is 0 Å². The number of nitrogens with zero attached hydrogens (tertiary/aromatic N) is 3. The van der Waals surface area contributed by atoms with Crippen LogP contribution in [0.25, 0.3) is 0 Å². The summed E-state index contributed by atoms with van der Waals surface area (Å²) in [5.41, 5.74) is 0.388. The molecule has 0 aromatic carbocycles. The molecule has 6 heteroatoms. The summed E-state index contributed by atoms with van der Waals surface area (Å²) in [4.78, 5) is 22.2. The lowest BCUT2D eigenvalue weighted by atomic mass is 10.3. The smallest absolute Gasteiger partial charge is 0.274 e. The first-order valence-corrected chi connectivity index (χ1v) is 6.24. The van der Waals surface area contributed by atoms with Gasteiger partial charge in [0.1, 0.15) is 11.5 Å². The van der Waals surface area contributed by atoms with Gasteiger partial charge in [-0.25, -0.2) is 9.97 Å². The number of nitrogens with one attached hydrogen (secondary N) is 1. The Kier molecular flexibility index (Phi) is 4.46. The van der Waals surface area contributed by atoms with Crippen molar-refractivity contribution in [2.24, 2.45) is 0 Å². The third-order valence-electron chi connectivity index (χ3n) is 2.74. The van der Waals surface area contributed by atoms with Gasteiger partial charge in [0.05, 0.1) is 19.0 Å². The number of rotatable bonds is 3. The Morgan fingerprint density at radius 1 is 1.39 bits per heavy atom. The molecular weight excluding hydrogens is 232 g/mol. The van der Waals surface area contributed by atoms with Crippen molar-refractivity contribution in [3.63, 3.8) is 0 Å². The summed E-state index contributed by atoms with van der Waals surface area (Å²) in [5, 5.41) is 3.04. The number of carbonyl (C=O) groups excluding carboxylic acids is 1. The monoisotopic (exact) mass is 250 g/mol. The van der Waals surface area contributed by atoms with Gasteiger partial charge in [-0.05, 0) is 13.3 Å². The van der Waals surface area contributed by atoms with E-state index in [4.69, 9.17) is 4.74 Å². The number of hydrogen-bond donors (Lipinski definition) is 1. The Hall–Kier alpha value is -1.69. The third-order valence-corrected chi connectivity index (χ3v) is 2.74. The van der Waals surface area contributed by atoms with Crippen LogP contribution in [-0.4, -0.2) is 53.6 Å². The maximum Gasteiger partial charge on any atom is 0.274 e. The van der Waals surface area contributed by atoms with E-state index in [0.717, 1.165) is 26.1 Å². The van der Waals surface area contributed by atoms with Crippen LogP contribution in [0.5, 0.6) is 0 Å². The van der Waals surface area contributed by atoms with Gasteiger partial charge < -0.3 is 15.0 Å². The average Bonchev–Trinajstić information content (AvgIpc) is 2.68. The predicted molar refractivity (Wildman–Crippen MR) is 67.5 cm³/mol. The van der Waals surface area contributed by atoms with Crippen LogP contribution in [0.15, 0.2) is 12.4 Å². The van der Waals surface area contributed by atoms with Crippen LogP contribution >= 0.6 is 0 Å². The van der Waals surface area contributed by atoms with Crippen molar-refractivity contribution in [3.8, 4) is 0 Å². The number of anilines is 1. The zero-order chi connectivity index (χ0) is 12.8. The molecule has 0 atom stereocenters. The minimum absolute atomic E-state index is 0.0731. The molecule has 2 rings (SSSR count). The third kappa shape index (κ3) is 3.16. The number of hydrogen-bond acceptors (Lipinski definition) is 5. The molecule has 1 saturated heterocycles. The van der Waals surface area contributed by atoms with Crippen LogP contribution in [0.4, 0.5) is 5.82 Å². The minimum Gasteiger partial charge on any atom is -0.380 e. The van der Waals surface area contributed by atoms with Crippen molar-refractivity contribution < 1.29 is 9.53 Å². The standard InChI is InChI=1S/C12H18N4O2/c1-2-13-11-9-14-10(8-15-11)12(17)16-4-3-6-18-7-5-16/h8-9H,2-7H2,1H3,(H,13,15). The van der Waals surface area contributed by atoms with Crippen molar-refractivity contribution in [1.29, 1.82) is 0 Å². The lowest BCUT2D eigenvalue weighted by Crippen LogP contribution is -2.33. The average molecular weight is 250 g/mol. The van der Waals surface area contributed by atoms with E-state index in [9.17, 15) is 4.79 Å². The SMILES string of the molecule is CCNc1cnc(C(=O)N2CCCOCC2)cn1. The van der Waals surface area contributed by atoms with Gasteiger partial charge in [0, 0.05) is 26.2 Å². The van der Waals surface area contributed by atoms with E-state index in [0.29, 0.717) is 24.7 Å². The Bertz CT molecular complexity index is 386. The summed E-state index contributed by atoms with van der Waals surface area (Å²) in [6.45, 7) is 5.41. The molecule has 1 aliphatic heterocycles. The van der Waals surface area contributed by atoms with Gasteiger partial charge in [0.15, 0.2) is 0 Å². The summed E-state index contributed by atoms with van der Waals surface area (Å²) in [7, 11) is 0. The highest BCUT2D eigenvalue weighted by molar-refractivity contribution is 5.92. The number of amides is 1. The fourth-order valence-corrected chi connectivity index (χ4v) is 1.82. The molecule has 0 saturated carbocycles. The summed E-state index contributed by atoms with van der Waals surface area (Å²) in [5.74, 6) is 0.615. The molecule has 1 aliphatic rings. The van der Waals surface area contributed by atoms with Gasteiger partial charge in [-0.3, -0.25) is 4.79 Å². The first kappa shape index (κ1) is 12.8. The number of carbonyl (C=O) groups is 1. The van der Waals surface area contributed by atoms with Crippen molar-refractivity contribution in [2.45, 2.75) is 13.3 Å². The first-order chi connectivity index (χ1) is 8.81. The maximum absolute atomic E-state index is 12.2. The van der Waals surface area contributed by atoms with E-state index in [1.54, 1.807) is 11.1 Å². The van der Waals surface area contributed by atoms with E-state index in [1.165, 1.54) is 6.20 Å². The first-order valence-electron chi connectivity index (χ1n) is 6.24. The molecule has 1 fully saturated rings. The predicted octanol–water partition coefficient (Wildman–Crippen LogP) is 0.771. The summed E-state index contributed by atoms with van der Waals surface area (Å²) >= 11 is 0. The van der Waals surface area contributed by atoms with Crippen LogP contribution in [0.2, 0.25) is 0 Å². The molecule has 1 aromatic rings. The second-order valence-corrected chi connectivity index (χ2v) is 4.08. The van der Waals surface area contributed by atoms with E-state index in [1.807, 2.05) is 6.92 Å². The van der Waals surface area contributed by atoms with E-state index in [-0.39, 0.29) is 5.91 Å². The van der Waals surface area contributed by atoms with Gasteiger partial charge in [0.25, 0.3) is 5.91 Å². The van der Waals surface area contributed by atoms with Gasteiger partial charge in [-0.2, -0.15) is 0 Å². The molecule has 2 heterocycles. The van der Waals surface area contributed by atoms with Crippen molar-refractivity contribution in [2.75, 3.05) is 38.2 Å². The molecule has 0 unspecified atom stereocenters. The van der Waals surface area contributed by atoms with E-state index in [2.05, 4.69) is 15.3 Å². The molecule has 1 aromatic heterocycles. The molecule has 0 radical (unpaired) electrons. The molecule has 18 heavy (non-hydrogen) atoms. The van der Waals surface area contributed by atoms with Crippen molar-refractivity contribution in [1.82, 2.24) is 14.9 Å². The van der Waals surface area contributed by atoms with Crippen LogP contribution in [-0.2, 0) is 4.74 Å². The van der Waals surface area contributed by atoms with Gasteiger partial charge in [-0.1, -0.05) is 0 Å². The highest BCUT2D eigenvalue weighted by atomic mass is 16.5. The lowest BCUT2D eigenvalue weighted by Gasteiger charge is -2.18. The molecule has 6 nitrogen and oxygen atoms in total. The number of aromatic nitrogens is 2. The topological polar surface area (TPSA) is 67.4 Å². The fraction of sp³-hybridized carbons (Fsp3) is 0.583. The van der Waals surface area contributed by atoms with E-state index < -0.39 is 0 Å². The minimum atomic E-state index is -0.0731. The molecule has 0 bridgehead atoms. The zero-order valence-electron chi connectivity index (χ0n) is 10.6. The second-order valence-electron chi connectivity index (χ2n) is 4.08. The molecular formula is C12H18N4O2. The zero-order valence-corrected chi connectivity index (χ0v) is 10.6. The summed E-state index contributed by atoms with van der Waals surface area (Å²) in [6.07, 6.45) is 3.98. The largest absolute Gasteiger partial charge is 0.380 e.